The third-order valence-corrected chi connectivity index (χ3v) is 5.65. The number of amides is 1. The smallest absolute Gasteiger partial charge is 0.228 e. The molecular formula is C24H24N6O. The fourth-order valence-corrected chi connectivity index (χ4v) is 3.80. The van der Waals surface area contributed by atoms with Crippen LogP contribution in [0.1, 0.15) is 41.5 Å². The van der Waals surface area contributed by atoms with Gasteiger partial charge in [-0.1, -0.05) is 30.3 Å². The van der Waals surface area contributed by atoms with Crippen molar-refractivity contribution in [3.63, 3.8) is 0 Å². The van der Waals surface area contributed by atoms with E-state index in [0.29, 0.717) is 11.7 Å². The topological polar surface area (TPSA) is 88.5 Å². The van der Waals surface area contributed by atoms with Crippen LogP contribution in [0.2, 0.25) is 0 Å². The summed E-state index contributed by atoms with van der Waals surface area (Å²) in [7, 11) is 0. The first-order valence-corrected chi connectivity index (χ1v) is 10.5. The lowest BCUT2D eigenvalue weighted by atomic mass is 10.1. The lowest BCUT2D eigenvalue weighted by Gasteiger charge is -2.08. The van der Waals surface area contributed by atoms with Crippen molar-refractivity contribution in [2.24, 2.45) is 0 Å². The fourth-order valence-electron chi connectivity index (χ4n) is 3.80. The third-order valence-electron chi connectivity index (χ3n) is 5.65. The van der Waals surface area contributed by atoms with Crippen LogP contribution < -0.4 is 5.32 Å². The molecule has 0 saturated heterocycles. The van der Waals surface area contributed by atoms with E-state index in [-0.39, 0.29) is 12.3 Å². The zero-order valence-electron chi connectivity index (χ0n) is 17.6. The second kappa shape index (κ2) is 7.83. The second-order valence-electron chi connectivity index (χ2n) is 8.02. The summed E-state index contributed by atoms with van der Waals surface area (Å²) in [4.78, 5) is 17.4. The number of carbonyl (C=O) groups excluding carboxylic acids is 1. The number of benzene rings is 2. The second-order valence-corrected chi connectivity index (χ2v) is 8.02. The first kappa shape index (κ1) is 19.2. The van der Waals surface area contributed by atoms with E-state index in [4.69, 9.17) is 0 Å². The molecule has 156 valence electrons. The molecule has 0 bridgehead atoms. The summed E-state index contributed by atoms with van der Waals surface area (Å²) in [5.41, 5.74) is 5.37. The number of carbonyl (C=O) groups is 1. The molecule has 1 fully saturated rings. The molecule has 0 spiro atoms. The van der Waals surface area contributed by atoms with Gasteiger partial charge in [-0.2, -0.15) is 10.2 Å². The van der Waals surface area contributed by atoms with Gasteiger partial charge < -0.3 is 5.32 Å². The molecule has 2 N–H and O–H groups in total. The number of hydrogen-bond acceptors (Lipinski definition) is 4. The molecule has 0 aliphatic heterocycles. The van der Waals surface area contributed by atoms with Gasteiger partial charge in [-0.25, -0.2) is 9.67 Å². The molecule has 7 heteroatoms. The molecule has 2 heterocycles. The van der Waals surface area contributed by atoms with Crippen molar-refractivity contribution in [3.8, 4) is 17.1 Å². The van der Waals surface area contributed by atoms with Crippen molar-refractivity contribution in [2.75, 3.05) is 5.32 Å². The number of aromatic nitrogens is 5. The van der Waals surface area contributed by atoms with E-state index < -0.39 is 0 Å². The van der Waals surface area contributed by atoms with Crippen LogP contribution in [-0.4, -0.2) is 30.9 Å². The molecule has 5 rings (SSSR count). The van der Waals surface area contributed by atoms with Gasteiger partial charge in [-0.05, 0) is 51.0 Å². The molecule has 1 aliphatic carbocycles. The molecular weight excluding hydrogens is 388 g/mol. The van der Waals surface area contributed by atoms with E-state index in [1.54, 1.807) is 0 Å². The molecule has 7 nitrogen and oxygen atoms in total. The van der Waals surface area contributed by atoms with E-state index in [2.05, 4.69) is 25.6 Å². The lowest BCUT2D eigenvalue weighted by molar-refractivity contribution is -0.115. The largest absolute Gasteiger partial charge is 0.326 e. The molecule has 2 aromatic heterocycles. The number of nitrogens with one attached hydrogen (secondary N) is 2. The Morgan fingerprint density at radius 1 is 1.13 bits per heavy atom. The van der Waals surface area contributed by atoms with Crippen LogP contribution in [0.3, 0.4) is 0 Å². The molecule has 0 atom stereocenters. The minimum absolute atomic E-state index is 0.0791. The molecule has 2 aromatic carbocycles. The quantitative estimate of drug-likeness (QED) is 0.493. The number of nitrogens with zero attached hydrogens (tertiary/aromatic N) is 4. The zero-order chi connectivity index (χ0) is 21.4. The highest BCUT2D eigenvalue weighted by atomic mass is 16.1. The van der Waals surface area contributed by atoms with Gasteiger partial charge in [0.2, 0.25) is 5.91 Å². The van der Waals surface area contributed by atoms with Crippen LogP contribution >= 0.6 is 0 Å². The van der Waals surface area contributed by atoms with Crippen molar-refractivity contribution < 1.29 is 4.79 Å². The van der Waals surface area contributed by atoms with E-state index in [1.165, 1.54) is 12.8 Å². The first-order valence-electron chi connectivity index (χ1n) is 10.5. The van der Waals surface area contributed by atoms with Gasteiger partial charge >= 0.3 is 0 Å². The minimum Gasteiger partial charge on any atom is -0.326 e. The Balaban J connectivity index is 1.31. The molecule has 31 heavy (non-hydrogen) atoms. The Hall–Kier alpha value is -3.74. The van der Waals surface area contributed by atoms with Crippen LogP contribution in [0.5, 0.6) is 0 Å². The fraction of sp³-hybridized carbons (Fsp3) is 0.250. The predicted molar refractivity (Wildman–Crippen MR) is 119 cm³/mol. The monoisotopic (exact) mass is 412 g/mol. The SMILES string of the molecule is Cc1nn(-c2ccccc2)c(C)c1CC(=O)Nc1cccc(-c2n[nH]c(C3CC3)n2)c1. The first-order chi connectivity index (χ1) is 15.1. The predicted octanol–water partition coefficient (Wildman–Crippen LogP) is 4.33. The summed E-state index contributed by atoms with van der Waals surface area (Å²) in [6.07, 6.45) is 2.61. The summed E-state index contributed by atoms with van der Waals surface area (Å²) in [5.74, 6) is 2.05. The number of para-hydroxylation sites is 1. The minimum atomic E-state index is -0.0791. The number of aromatic amines is 1. The maximum atomic E-state index is 12.8. The Morgan fingerprint density at radius 3 is 2.71 bits per heavy atom. The third kappa shape index (κ3) is 3.99. The van der Waals surface area contributed by atoms with Crippen LogP contribution in [0.4, 0.5) is 5.69 Å². The van der Waals surface area contributed by atoms with Crippen molar-refractivity contribution >= 4 is 11.6 Å². The Kier molecular flexibility index (Phi) is 4.86. The van der Waals surface area contributed by atoms with Crippen LogP contribution in [-0.2, 0) is 11.2 Å². The van der Waals surface area contributed by atoms with Crippen molar-refractivity contribution in [1.29, 1.82) is 0 Å². The average Bonchev–Trinajstić information content (AvgIpc) is 3.45. The number of aryl methyl sites for hydroxylation is 1. The Bertz CT molecular complexity index is 1240. The van der Waals surface area contributed by atoms with Crippen LogP contribution in [0.25, 0.3) is 17.1 Å². The van der Waals surface area contributed by atoms with E-state index in [9.17, 15) is 4.79 Å². The Morgan fingerprint density at radius 2 is 1.94 bits per heavy atom. The van der Waals surface area contributed by atoms with Gasteiger partial charge in [0.25, 0.3) is 0 Å². The van der Waals surface area contributed by atoms with Gasteiger partial charge in [-0.15, -0.1) is 0 Å². The van der Waals surface area contributed by atoms with E-state index in [0.717, 1.165) is 39.7 Å². The molecule has 1 amide bonds. The summed E-state index contributed by atoms with van der Waals surface area (Å²) in [5, 5.41) is 15.0. The highest BCUT2D eigenvalue weighted by Gasteiger charge is 2.27. The van der Waals surface area contributed by atoms with Gasteiger partial charge in [0.15, 0.2) is 5.82 Å². The van der Waals surface area contributed by atoms with E-state index >= 15 is 0 Å². The maximum Gasteiger partial charge on any atom is 0.228 e. The van der Waals surface area contributed by atoms with E-state index in [1.807, 2.05) is 73.1 Å². The molecule has 1 saturated carbocycles. The molecule has 0 unspecified atom stereocenters. The van der Waals surface area contributed by atoms with Gasteiger partial charge in [0, 0.05) is 28.4 Å². The van der Waals surface area contributed by atoms with Crippen molar-refractivity contribution in [1.82, 2.24) is 25.0 Å². The standard InChI is InChI=1S/C24H24N6O/c1-15-21(16(2)30(29-15)20-9-4-3-5-10-20)14-22(31)25-19-8-6-7-18(13-19)24-26-23(27-28-24)17-11-12-17/h3-10,13,17H,11-12,14H2,1-2H3,(H,25,31)(H,26,27,28). The summed E-state index contributed by atoms with van der Waals surface area (Å²) in [6, 6.07) is 17.6. The van der Waals surface area contributed by atoms with Gasteiger partial charge in [0.1, 0.15) is 5.82 Å². The molecule has 1 aliphatic rings. The number of rotatable bonds is 6. The molecule has 0 radical (unpaired) electrons. The summed E-state index contributed by atoms with van der Waals surface area (Å²) >= 11 is 0. The number of anilines is 1. The van der Waals surface area contributed by atoms with Crippen molar-refractivity contribution in [2.45, 2.75) is 39.0 Å². The number of H-pyrrole nitrogens is 1. The normalized spacial score (nSPS) is 13.4. The average molecular weight is 412 g/mol. The summed E-state index contributed by atoms with van der Waals surface area (Å²) in [6.45, 7) is 3.94. The van der Waals surface area contributed by atoms with Crippen LogP contribution in [0.15, 0.2) is 54.6 Å². The number of hydrogen-bond donors (Lipinski definition) is 2. The highest BCUT2D eigenvalue weighted by molar-refractivity contribution is 5.93. The van der Waals surface area contributed by atoms with Gasteiger partial charge in [0.05, 0.1) is 17.8 Å². The summed E-state index contributed by atoms with van der Waals surface area (Å²) < 4.78 is 1.89. The lowest BCUT2D eigenvalue weighted by Crippen LogP contribution is -2.15. The van der Waals surface area contributed by atoms with Crippen LogP contribution in [0, 0.1) is 13.8 Å². The zero-order valence-corrected chi connectivity index (χ0v) is 17.6. The Labute approximate surface area is 180 Å². The van der Waals surface area contributed by atoms with Gasteiger partial charge in [-0.3, -0.25) is 9.89 Å². The molecule has 4 aromatic rings. The van der Waals surface area contributed by atoms with Crippen molar-refractivity contribution in [3.05, 3.63) is 77.4 Å². The highest BCUT2D eigenvalue weighted by Crippen LogP contribution is 2.38. The maximum absolute atomic E-state index is 12.8.